The Hall–Kier alpha value is -0.280. The molecule has 0 aromatic carbocycles. The fraction of sp³-hybridized carbons (Fsp3) is 1.00. The van der Waals surface area contributed by atoms with Crippen LogP contribution in [-0.4, -0.2) is 70.9 Å². The van der Waals surface area contributed by atoms with E-state index in [9.17, 15) is 0 Å². The first kappa shape index (κ1) is 43.8. The molecule has 5 fully saturated rings. The van der Waals surface area contributed by atoms with Gasteiger partial charge in [-0.1, -0.05) is 85.5 Å². The van der Waals surface area contributed by atoms with Crippen LogP contribution in [0.1, 0.15) is 175 Å². The normalized spacial score (nSPS) is 37.9. The van der Waals surface area contributed by atoms with Crippen molar-refractivity contribution in [1.82, 2.24) is 5.32 Å². The van der Waals surface area contributed by atoms with Gasteiger partial charge in [0.1, 0.15) is 0 Å². The molecule has 5 saturated carbocycles. The average Bonchev–Trinajstić information content (AvgIpc) is 3.74. The molecule has 0 amide bonds. The van der Waals surface area contributed by atoms with E-state index < -0.39 is 0 Å². The van der Waals surface area contributed by atoms with Gasteiger partial charge in [0.2, 0.25) is 0 Å². The molecule has 11 unspecified atom stereocenters. The van der Waals surface area contributed by atoms with Gasteiger partial charge in [-0.05, 0) is 157 Å². The molecule has 5 aliphatic rings. The number of hydrogen-bond acceptors (Lipinski definition) is 7. The van der Waals surface area contributed by atoms with Crippen LogP contribution in [0.15, 0.2) is 0 Å². The van der Waals surface area contributed by atoms with E-state index in [-0.39, 0.29) is 10.8 Å². The van der Waals surface area contributed by atoms with Crippen LogP contribution in [0.5, 0.6) is 0 Å². The number of nitrogens with one attached hydrogen (secondary N) is 1. The minimum atomic E-state index is 0.183. The van der Waals surface area contributed by atoms with Crippen molar-refractivity contribution < 1.29 is 14.2 Å². The minimum absolute atomic E-state index is 0.183. The highest BCUT2D eigenvalue weighted by Gasteiger charge is 2.88. The van der Waals surface area contributed by atoms with Crippen molar-refractivity contribution in [3.05, 3.63) is 0 Å². The van der Waals surface area contributed by atoms with Crippen molar-refractivity contribution in [2.75, 3.05) is 52.5 Å². The lowest BCUT2D eigenvalue weighted by molar-refractivity contribution is -0.228. The molecule has 7 nitrogen and oxygen atoms in total. The third kappa shape index (κ3) is 9.38. The zero-order valence-corrected chi connectivity index (χ0v) is 35.4. The van der Waals surface area contributed by atoms with Gasteiger partial charge in [-0.2, -0.15) is 0 Å². The van der Waals surface area contributed by atoms with Gasteiger partial charge in [0.25, 0.3) is 0 Å². The molecular weight excluding hydrogens is 657 g/mol. The Kier molecular flexibility index (Phi) is 17.3. The highest BCUT2D eigenvalue weighted by atomic mass is 16.5. The maximum atomic E-state index is 7.14. The predicted molar refractivity (Wildman–Crippen MR) is 222 cm³/mol. The molecule has 0 heterocycles. The van der Waals surface area contributed by atoms with Crippen molar-refractivity contribution in [2.24, 2.45) is 62.5 Å². The lowest BCUT2D eigenvalue weighted by atomic mass is 9.43. The molecule has 11 atom stereocenters. The maximum Gasteiger partial charge on any atom is 0.0642 e. The largest absolute Gasteiger partial charge is 0.378 e. The molecular formula is C46H88N4O3. The van der Waals surface area contributed by atoms with Crippen LogP contribution in [-0.2, 0) is 14.2 Å². The van der Waals surface area contributed by atoms with Crippen LogP contribution in [0, 0.1) is 45.3 Å². The van der Waals surface area contributed by atoms with Gasteiger partial charge in [0.15, 0.2) is 0 Å². The van der Waals surface area contributed by atoms with Crippen molar-refractivity contribution in [3.8, 4) is 0 Å². The molecule has 7 N–H and O–H groups in total. The molecule has 0 saturated heterocycles. The van der Waals surface area contributed by atoms with E-state index in [2.05, 4.69) is 33.0 Å². The Labute approximate surface area is 327 Å². The van der Waals surface area contributed by atoms with Gasteiger partial charge in [0.05, 0.1) is 18.3 Å². The molecule has 0 aromatic rings. The van der Waals surface area contributed by atoms with Crippen LogP contribution in [0.2, 0.25) is 0 Å². The standard InChI is InChI=1S/C46H88N4O3/c1-5-6-7-8-9-10-11-12-13-14-27-50-28-15-19-36(2)39-21-23-45-35-46(45)40(34-41(44(39,45)4)52-30-17-25-48)43(3)22-20-38(51-29-16-24-47)32-37(43)33-42(46)53-31-18-26-49/h36-42,50H,5-35,47-49H2,1-4H3. The van der Waals surface area contributed by atoms with Crippen molar-refractivity contribution in [2.45, 2.75) is 194 Å². The summed E-state index contributed by atoms with van der Waals surface area (Å²) in [6, 6.07) is 0. The fourth-order valence-electron chi connectivity index (χ4n) is 13.7. The molecule has 0 aromatic heterocycles. The number of ether oxygens (including phenoxy) is 3. The average molecular weight is 745 g/mol. The monoisotopic (exact) mass is 745 g/mol. The van der Waals surface area contributed by atoms with Gasteiger partial charge >= 0.3 is 0 Å². The Morgan fingerprint density at radius 1 is 0.660 bits per heavy atom. The highest BCUT2D eigenvalue weighted by Crippen LogP contribution is 2.91. The van der Waals surface area contributed by atoms with E-state index in [0.29, 0.717) is 72.4 Å². The van der Waals surface area contributed by atoms with Gasteiger partial charge in [-0.3, -0.25) is 0 Å². The molecule has 5 rings (SSSR count). The van der Waals surface area contributed by atoms with E-state index in [0.717, 1.165) is 45.6 Å². The van der Waals surface area contributed by atoms with E-state index in [4.69, 9.17) is 31.4 Å². The first-order valence-electron chi connectivity index (χ1n) is 23.4. The van der Waals surface area contributed by atoms with Crippen LogP contribution >= 0.6 is 0 Å². The van der Waals surface area contributed by atoms with Gasteiger partial charge in [0, 0.05) is 30.7 Å². The van der Waals surface area contributed by atoms with Crippen molar-refractivity contribution in [3.63, 3.8) is 0 Å². The van der Waals surface area contributed by atoms with E-state index in [1.807, 2.05) is 0 Å². The zero-order chi connectivity index (χ0) is 37.8. The maximum absolute atomic E-state index is 7.14. The summed E-state index contributed by atoms with van der Waals surface area (Å²) >= 11 is 0. The highest BCUT2D eigenvalue weighted by molar-refractivity contribution is 5.36. The zero-order valence-electron chi connectivity index (χ0n) is 35.4. The van der Waals surface area contributed by atoms with E-state index >= 15 is 0 Å². The molecule has 5 aliphatic carbocycles. The number of rotatable bonds is 28. The van der Waals surface area contributed by atoms with Crippen molar-refractivity contribution in [1.29, 1.82) is 0 Å². The quantitative estimate of drug-likeness (QED) is 0.0591. The number of nitrogens with two attached hydrogens (primary N) is 3. The van der Waals surface area contributed by atoms with Gasteiger partial charge in [-0.25, -0.2) is 0 Å². The SMILES string of the molecule is CCCCCCCCCCCCNCCCC(C)C1CCC23CC24C(OCCCN)CC2CC(OCCCN)CCC2(C)C4CC(OCCCN)C13C. The van der Waals surface area contributed by atoms with Gasteiger partial charge < -0.3 is 36.7 Å². The van der Waals surface area contributed by atoms with Crippen LogP contribution in [0.25, 0.3) is 0 Å². The second-order valence-corrected chi connectivity index (χ2v) is 19.4. The van der Waals surface area contributed by atoms with E-state index in [1.54, 1.807) is 0 Å². The van der Waals surface area contributed by atoms with Crippen LogP contribution < -0.4 is 22.5 Å². The predicted octanol–water partition coefficient (Wildman–Crippen LogP) is 9.14. The third-order valence-corrected chi connectivity index (χ3v) is 16.6. The smallest absolute Gasteiger partial charge is 0.0642 e. The number of unbranched alkanes of at least 4 members (excludes halogenated alkanes) is 9. The van der Waals surface area contributed by atoms with E-state index in [1.165, 1.54) is 135 Å². The Morgan fingerprint density at radius 2 is 1.26 bits per heavy atom. The third-order valence-electron chi connectivity index (χ3n) is 16.6. The molecule has 310 valence electrons. The summed E-state index contributed by atoms with van der Waals surface area (Å²) in [5.41, 5.74) is 19.0. The second kappa shape index (κ2) is 20.9. The fourth-order valence-corrected chi connectivity index (χ4v) is 13.7. The summed E-state index contributed by atoms with van der Waals surface area (Å²) in [6.45, 7) is 17.1. The summed E-state index contributed by atoms with van der Waals surface area (Å²) in [4.78, 5) is 0. The molecule has 0 aliphatic heterocycles. The summed E-state index contributed by atoms with van der Waals surface area (Å²) < 4.78 is 20.7. The Balaban J connectivity index is 1.21. The lowest BCUT2D eigenvalue weighted by Crippen LogP contribution is -2.63. The minimum Gasteiger partial charge on any atom is -0.378 e. The lowest BCUT2D eigenvalue weighted by Gasteiger charge is -2.64. The molecule has 0 bridgehead atoms. The number of fused-ring (bicyclic) bond motifs is 2. The Morgan fingerprint density at radius 3 is 1.92 bits per heavy atom. The van der Waals surface area contributed by atoms with Gasteiger partial charge in [-0.15, -0.1) is 0 Å². The van der Waals surface area contributed by atoms with Crippen LogP contribution in [0.3, 0.4) is 0 Å². The second-order valence-electron chi connectivity index (χ2n) is 19.4. The summed E-state index contributed by atoms with van der Waals surface area (Å²) in [5.74, 6) is 2.68. The summed E-state index contributed by atoms with van der Waals surface area (Å²) in [7, 11) is 0. The molecule has 2 spiro atoms. The molecule has 53 heavy (non-hydrogen) atoms. The first-order chi connectivity index (χ1) is 25.8. The number of hydrogen-bond donors (Lipinski definition) is 4. The molecule has 0 radical (unpaired) electrons. The molecule has 7 heteroatoms. The Bertz CT molecular complexity index is 1050. The summed E-state index contributed by atoms with van der Waals surface area (Å²) in [5, 5.41) is 3.82. The first-order valence-corrected chi connectivity index (χ1v) is 23.4. The van der Waals surface area contributed by atoms with Crippen LogP contribution in [0.4, 0.5) is 0 Å². The summed E-state index contributed by atoms with van der Waals surface area (Å²) in [6.07, 6.45) is 30.5. The van der Waals surface area contributed by atoms with Crippen molar-refractivity contribution >= 4 is 0 Å². The topological polar surface area (TPSA) is 118 Å².